The number of halogens is 1. The van der Waals surface area contributed by atoms with Crippen LogP contribution in [0.5, 0.6) is 0 Å². The molecule has 0 radical (unpaired) electrons. The van der Waals surface area contributed by atoms with Gasteiger partial charge in [0.2, 0.25) is 15.9 Å². The molecule has 2 N–H and O–H groups in total. The fraction of sp³-hybridized carbons (Fsp3) is 0.421. The van der Waals surface area contributed by atoms with E-state index in [1.807, 2.05) is 24.3 Å². The molecule has 1 saturated heterocycles. The molecule has 1 fully saturated rings. The first-order valence-electron chi connectivity index (χ1n) is 9.14. The Morgan fingerprint density at radius 3 is 2.50 bits per heavy atom. The van der Waals surface area contributed by atoms with Crippen molar-refractivity contribution in [1.29, 1.82) is 0 Å². The fourth-order valence-electron chi connectivity index (χ4n) is 3.14. The number of hydrogen-bond donors (Lipinski definition) is 2. The zero-order valence-electron chi connectivity index (χ0n) is 15.7. The minimum absolute atomic E-state index is 0.0626. The van der Waals surface area contributed by atoms with E-state index in [0.717, 1.165) is 42.4 Å². The van der Waals surface area contributed by atoms with Crippen LogP contribution in [0.3, 0.4) is 0 Å². The van der Waals surface area contributed by atoms with Crippen molar-refractivity contribution in [2.45, 2.75) is 43.1 Å². The number of piperidine rings is 1. The van der Waals surface area contributed by atoms with E-state index in [-0.39, 0.29) is 16.2 Å². The van der Waals surface area contributed by atoms with E-state index in [9.17, 15) is 13.2 Å². The number of amides is 1. The number of nitrogens with one attached hydrogen (secondary N) is 2. The van der Waals surface area contributed by atoms with E-state index in [1.165, 1.54) is 23.8 Å². The van der Waals surface area contributed by atoms with E-state index in [1.54, 1.807) is 12.1 Å². The van der Waals surface area contributed by atoms with E-state index in [4.69, 9.17) is 11.6 Å². The molecule has 3 rings (SSSR count). The van der Waals surface area contributed by atoms with Crippen LogP contribution in [0.1, 0.15) is 30.2 Å². The molecule has 1 aromatic heterocycles. The molecule has 0 saturated carbocycles. The van der Waals surface area contributed by atoms with Gasteiger partial charge in [-0.1, -0.05) is 23.7 Å². The van der Waals surface area contributed by atoms with Crippen molar-refractivity contribution in [2.75, 3.05) is 13.1 Å². The van der Waals surface area contributed by atoms with Crippen LogP contribution in [0.4, 0.5) is 0 Å². The highest BCUT2D eigenvalue weighted by Crippen LogP contribution is 2.23. The number of carbonyl (C=O) groups is 1. The first-order chi connectivity index (χ1) is 13.3. The van der Waals surface area contributed by atoms with Gasteiger partial charge in [0.15, 0.2) is 0 Å². The Bertz CT molecular complexity index is 905. The third-order valence-electron chi connectivity index (χ3n) is 4.64. The lowest BCUT2D eigenvalue weighted by molar-refractivity contribution is -0.119. The third kappa shape index (κ3) is 6.02. The Balaban J connectivity index is 1.50. The minimum Gasteiger partial charge on any atom is -0.351 e. The predicted octanol–water partition coefficient (Wildman–Crippen LogP) is 2.98. The molecule has 9 heteroatoms. The summed E-state index contributed by atoms with van der Waals surface area (Å²) in [5.74, 6) is -0.138. The summed E-state index contributed by atoms with van der Waals surface area (Å²) in [6.45, 7) is 4.31. The molecule has 0 unspecified atom stereocenters. The average molecular weight is 442 g/mol. The largest absolute Gasteiger partial charge is 0.351 e. The molecule has 1 aromatic carbocycles. The predicted molar refractivity (Wildman–Crippen MR) is 112 cm³/mol. The first kappa shape index (κ1) is 21.3. The van der Waals surface area contributed by atoms with E-state index in [0.29, 0.717) is 6.54 Å². The van der Waals surface area contributed by atoms with Gasteiger partial charge in [0.05, 0.1) is 6.54 Å². The van der Waals surface area contributed by atoms with Gasteiger partial charge >= 0.3 is 0 Å². The number of rotatable bonds is 7. The van der Waals surface area contributed by atoms with Crippen LogP contribution in [0.15, 0.2) is 40.6 Å². The van der Waals surface area contributed by atoms with Gasteiger partial charge in [-0.15, -0.1) is 11.3 Å². The molecule has 2 heterocycles. The van der Waals surface area contributed by atoms with Gasteiger partial charge in [0, 0.05) is 42.5 Å². The Morgan fingerprint density at radius 1 is 1.18 bits per heavy atom. The summed E-state index contributed by atoms with van der Waals surface area (Å²) in [5.41, 5.74) is 1.20. The zero-order chi connectivity index (χ0) is 20.1. The maximum absolute atomic E-state index is 12.6. The summed E-state index contributed by atoms with van der Waals surface area (Å²) < 4.78 is 28.4. The summed E-state index contributed by atoms with van der Waals surface area (Å²) in [5, 5.41) is 3.41. The van der Waals surface area contributed by atoms with Crippen molar-refractivity contribution >= 4 is 38.9 Å². The standard InChI is InChI=1S/C19H24ClN3O3S2/c1-14(24)21-12-18-6-7-19(27-18)28(25,26)22-17-8-10-23(11-9-17)13-15-2-4-16(20)5-3-15/h2-7,17,22H,8-13H2,1H3,(H,21,24). The number of likely N-dealkylation sites (tertiary alicyclic amines) is 1. The highest BCUT2D eigenvalue weighted by molar-refractivity contribution is 7.91. The van der Waals surface area contributed by atoms with Gasteiger partial charge in [0.1, 0.15) is 4.21 Å². The SMILES string of the molecule is CC(=O)NCc1ccc(S(=O)(=O)NC2CCN(Cc3ccc(Cl)cc3)CC2)s1. The molecule has 0 spiro atoms. The van der Waals surface area contributed by atoms with Crippen molar-refractivity contribution in [3.63, 3.8) is 0 Å². The van der Waals surface area contributed by atoms with Crippen LogP contribution in [0, 0.1) is 0 Å². The van der Waals surface area contributed by atoms with Crippen LogP contribution in [-0.2, 0) is 27.9 Å². The molecule has 1 amide bonds. The second-order valence-electron chi connectivity index (χ2n) is 6.93. The van der Waals surface area contributed by atoms with Gasteiger partial charge in [-0.25, -0.2) is 13.1 Å². The molecule has 0 bridgehead atoms. The highest BCUT2D eigenvalue weighted by atomic mass is 35.5. The van der Waals surface area contributed by atoms with Gasteiger partial charge in [0.25, 0.3) is 0 Å². The monoisotopic (exact) mass is 441 g/mol. The van der Waals surface area contributed by atoms with Crippen LogP contribution in [-0.4, -0.2) is 38.4 Å². The molecule has 28 heavy (non-hydrogen) atoms. The molecule has 0 atom stereocenters. The quantitative estimate of drug-likeness (QED) is 0.692. The lowest BCUT2D eigenvalue weighted by atomic mass is 10.1. The van der Waals surface area contributed by atoms with Gasteiger partial charge < -0.3 is 5.32 Å². The van der Waals surface area contributed by atoms with Gasteiger partial charge in [-0.2, -0.15) is 0 Å². The molecule has 2 aromatic rings. The highest BCUT2D eigenvalue weighted by Gasteiger charge is 2.25. The Morgan fingerprint density at radius 2 is 1.86 bits per heavy atom. The van der Waals surface area contributed by atoms with Crippen molar-refractivity contribution in [3.05, 3.63) is 51.9 Å². The average Bonchev–Trinajstić information content (AvgIpc) is 3.13. The molecule has 152 valence electrons. The summed E-state index contributed by atoms with van der Waals surface area (Å²) in [6.07, 6.45) is 1.55. The van der Waals surface area contributed by atoms with E-state index >= 15 is 0 Å². The molecule has 1 aliphatic rings. The van der Waals surface area contributed by atoms with Crippen LogP contribution in [0.2, 0.25) is 5.02 Å². The smallest absolute Gasteiger partial charge is 0.250 e. The summed E-state index contributed by atoms with van der Waals surface area (Å²) >= 11 is 7.11. The summed E-state index contributed by atoms with van der Waals surface area (Å²) in [7, 11) is -3.54. The molecular formula is C19H24ClN3O3S2. The number of benzene rings is 1. The number of nitrogens with zero attached hydrogens (tertiary/aromatic N) is 1. The lowest BCUT2D eigenvalue weighted by Gasteiger charge is -2.32. The summed E-state index contributed by atoms with van der Waals surface area (Å²) in [6, 6.07) is 11.1. The second kappa shape index (κ2) is 9.37. The molecular weight excluding hydrogens is 418 g/mol. The van der Waals surface area contributed by atoms with Gasteiger partial charge in [-0.3, -0.25) is 9.69 Å². The Kier molecular flexibility index (Phi) is 7.11. The maximum Gasteiger partial charge on any atom is 0.250 e. The second-order valence-corrected chi connectivity index (χ2v) is 10.5. The number of hydrogen-bond acceptors (Lipinski definition) is 5. The van der Waals surface area contributed by atoms with Gasteiger partial charge in [-0.05, 0) is 42.7 Å². The third-order valence-corrected chi connectivity index (χ3v) is 7.99. The number of thiophene rings is 1. The molecule has 1 aliphatic heterocycles. The van der Waals surface area contributed by atoms with Crippen LogP contribution < -0.4 is 10.0 Å². The molecule has 6 nitrogen and oxygen atoms in total. The van der Waals surface area contributed by atoms with Crippen molar-refractivity contribution in [3.8, 4) is 0 Å². The van der Waals surface area contributed by atoms with E-state index in [2.05, 4.69) is 14.9 Å². The topological polar surface area (TPSA) is 78.5 Å². The molecule has 0 aliphatic carbocycles. The van der Waals surface area contributed by atoms with Crippen molar-refractivity contribution < 1.29 is 13.2 Å². The van der Waals surface area contributed by atoms with Crippen LogP contribution >= 0.6 is 22.9 Å². The zero-order valence-corrected chi connectivity index (χ0v) is 18.0. The fourth-order valence-corrected chi connectivity index (χ4v) is 5.89. The maximum atomic E-state index is 12.6. The number of carbonyl (C=O) groups excluding carboxylic acids is 1. The minimum atomic E-state index is -3.54. The van der Waals surface area contributed by atoms with E-state index < -0.39 is 10.0 Å². The number of sulfonamides is 1. The Labute approximate surface area is 174 Å². The lowest BCUT2D eigenvalue weighted by Crippen LogP contribution is -2.44. The Hall–Kier alpha value is -1.45. The van der Waals surface area contributed by atoms with Crippen LogP contribution in [0.25, 0.3) is 0 Å². The summed E-state index contributed by atoms with van der Waals surface area (Å²) in [4.78, 5) is 14.1. The van der Waals surface area contributed by atoms with Crippen molar-refractivity contribution in [2.24, 2.45) is 0 Å². The van der Waals surface area contributed by atoms with Crippen molar-refractivity contribution in [1.82, 2.24) is 14.9 Å². The normalized spacial score (nSPS) is 16.2. The first-order valence-corrected chi connectivity index (χ1v) is 11.8.